The van der Waals surface area contributed by atoms with E-state index < -0.39 is 0 Å². The van der Waals surface area contributed by atoms with E-state index in [-0.39, 0.29) is 11.7 Å². The molecular formula is C15H18N2O2. The smallest absolute Gasteiger partial charge is 0.165 e. The van der Waals surface area contributed by atoms with Crippen LogP contribution in [0.25, 0.3) is 5.69 Å². The van der Waals surface area contributed by atoms with Crippen LogP contribution in [-0.2, 0) is 0 Å². The van der Waals surface area contributed by atoms with Crippen LogP contribution in [0.3, 0.4) is 0 Å². The summed E-state index contributed by atoms with van der Waals surface area (Å²) in [5.74, 6) is 0.765. The summed E-state index contributed by atoms with van der Waals surface area (Å²) >= 11 is 0. The zero-order chi connectivity index (χ0) is 14.0. The standard InChI is InChI=1S/C15H18N2O2/c1-10(2)15(18)12-5-6-13(14(7-12)19-4)17-8-11(3)16-9-17/h5-10H,1-4H3. The van der Waals surface area contributed by atoms with Crippen molar-refractivity contribution in [2.75, 3.05) is 7.11 Å². The second kappa shape index (κ2) is 5.26. The van der Waals surface area contributed by atoms with Gasteiger partial charge in [0.2, 0.25) is 0 Å². The summed E-state index contributed by atoms with van der Waals surface area (Å²) in [6, 6.07) is 5.50. The first kappa shape index (κ1) is 13.3. The molecule has 2 aromatic rings. The number of rotatable bonds is 4. The maximum absolute atomic E-state index is 12.0. The molecule has 4 heteroatoms. The summed E-state index contributed by atoms with van der Waals surface area (Å²) in [5.41, 5.74) is 2.49. The van der Waals surface area contributed by atoms with E-state index in [1.54, 1.807) is 19.5 Å². The predicted molar refractivity (Wildman–Crippen MR) is 74.0 cm³/mol. The highest BCUT2D eigenvalue weighted by molar-refractivity contribution is 5.98. The summed E-state index contributed by atoms with van der Waals surface area (Å²) in [6.45, 7) is 5.71. The Morgan fingerprint density at radius 2 is 2.11 bits per heavy atom. The average Bonchev–Trinajstić information content (AvgIpc) is 2.83. The van der Waals surface area contributed by atoms with Crippen molar-refractivity contribution in [3.05, 3.63) is 42.0 Å². The van der Waals surface area contributed by atoms with E-state index in [0.29, 0.717) is 11.3 Å². The van der Waals surface area contributed by atoms with Crippen molar-refractivity contribution in [2.24, 2.45) is 5.92 Å². The molecule has 2 rings (SSSR count). The Morgan fingerprint density at radius 1 is 1.37 bits per heavy atom. The maximum Gasteiger partial charge on any atom is 0.165 e. The van der Waals surface area contributed by atoms with Gasteiger partial charge in [-0.25, -0.2) is 4.98 Å². The van der Waals surface area contributed by atoms with E-state index in [9.17, 15) is 4.79 Å². The summed E-state index contributed by atoms with van der Waals surface area (Å²) in [5, 5.41) is 0. The van der Waals surface area contributed by atoms with Gasteiger partial charge in [0.25, 0.3) is 0 Å². The third-order valence-corrected chi connectivity index (χ3v) is 2.98. The lowest BCUT2D eigenvalue weighted by Gasteiger charge is -2.11. The molecular weight excluding hydrogens is 240 g/mol. The molecule has 0 radical (unpaired) electrons. The molecule has 1 aromatic carbocycles. The van der Waals surface area contributed by atoms with Crippen molar-refractivity contribution in [1.82, 2.24) is 9.55 Å². The number of aromatic nitrogens is 2. The van der Waals surface area contributed by atoms with Crippen molar-refractivity contribution >= 4 is 5.78 Å². The van der Waals surface area contributed by atoms with Crippen molar-refractivity contribution in [2.45, 2.75) is 20.8 Å². The van der Waals surface area contributed by atoms with E-state index in [2.05, 4.69) is 4.98 Å². The van der Waals surface area contributed by atoms with Crippen LogP contribution in [0.15, 0.2) is 30.7 Å². The summed E-state index contributed by atoms with van der Waals surface area (Å²) < 4.78 is 7.27. The average molecular weight is 258 g/mol. The van der Waals surface area contributed by atoms with Gasteiger partial charge in [0, 0.05) is 17.7 Å². The van der Waals surface area contributed by atoms with Gasteiger partial charge in [0.05, 0.1) is 24.8 Å². The zero-order valence-corrected chi connectivity index (χ0v) is 11.7. The molecule has 0 aliphatic carbocycles. The number of hydrogen-bond acceptors (Lipinski definition) is 3. The molecule has 0 bridgehead atoms. The third-order valence-electron chi connectivity index (χ3n) is 2.98. The van der Waals surface area contributed by atoms with E-state index in [0.717, 1.165) is 11.4 Å². The number of methoxy groups -OCH3 is 1. The lowest BCUT2D eigenvalue weighted by molar-refractivity contribution is 0.0939. The quantitative estimate of drug-likeness (QED) is 0.792. The monoisotopic (exact) mass is 258 g/mol. The predicted octanol–water partition coefficient (Wildman–Crippen LogP) is 3.03. The molecule has 0 spiro atoms. The lowest BCUT2D eigenvalue weighted by atomic mass is 10.0. The van der Waals surface area contributed by atoms with Crippen molar-refractivity contribution in [3.63, 3.8) is 0 Å². The fourth-order valence-electron chi connectivity index (χ4n) is 1.93. The first-order chi connectivity index (χ1) is 9.02. The molecule has 0 aliphatic heterocycles. The Morgan fingerprint density at radius 3 is 2.63 bits per heavy atom. The topological polar surface area (TPSA) is 44.1 Å². The second-order valence-electron chi connectivity index (χ2n) is 4.83. The number of carbonyl (C=O) groups is 1. The molecule has 0 N–H and O–H groups in total. The van der Waals surface area contributed by atoms with E-state index >= 15 is 0 Å². The maximum atomic E-state index is 12.0. The number of nitrogens with zero attached hydrogens (tertiary/aromatic N) is 2. The first-order valence-electron chi connectivity index (χ1n) is 6.26. The highest BCUT2D eigenvalue weighted by Gasteiger charge is 2.14. The van der Waals surface area contributed by atoms with Crippen LogP contribution in [0.1, 0.15) is 29.9 Å². The van der Waals surface area contributed by atoms with Crippen molar-refractivity contribution in [1.29, 1.82) is 0 Å². The number of aryl methyl sites for hydroxylation is 1. The Bertz CT molecular complexity index is 600. The molecule has 0 amide bonds. The molecule has 0 aliphatic rings. The molecule has 0 atom stereocenters. The molecule has 100 valence electrons. The minimum Gasteiger partial charge on any atom is -0.495 e. The highest BCUT2D eigenvalue weighted by Crippen LogP contribution is 2.25. The van der Waals surface area contributed by atoms with Crippen LogP contribution >= 0.6 is 0 Å². The van der Waals surface area contributed by atoms with Gasteiger partial charge in [-0.15, -0.1) is 0 Å². The molecule has 19 heavy (non-hydrogen) atoms. The Balaban J connectivity index is 2.45. The highest BCUT2D eigenvalue weighted by atomic mass is 16.5. The minimum absolute atomic E-state index is 0.0222. The second-order valence-corrected chi connectivity index (χ2v) is 4.83. The zero-order valence-electron chi connectivity index (χ0n) is 11.7. The first-order valence-corrected chi connectivity index (χ1v) is 6.26. The lowest BCUT2D eigenvalue weighted by Crippen LogP contribution is -2.08. The fourth-order valence-corrected chi connectivity index (χ4v) is 1.93. The van der Waals surface area contributed by atoms with Gasteiger partial charge in [0.15, 0.2) is 5.78 Å². The fraction of sp³-hybridized carbons (Fsp3) is 0.333. The van der Waals surface area contributed by atoms with Gasteiger partial charge in [-0.1, -0.05) is 13.8 Å². The van der Waals surface area contributed by atoms with Crippen molar-refractivity contribution < 1.29 is 9.53 Å². The molecule has 4 nitrogen and oxygen atoms in total. The molecule has 0 saturated heterocycles. The SMILES string of the molecule is COc1cc(C(=O)C(C)C)ccc1-n1cnc(C)c1. The molecule has 1 heterocycles. The largest absolute Gasteiger partial charge is 0.495 e. The molecule has 0 unspecified atom stereocenters. The van der Waals surface area contributed by atoms with Gasteiger partial charge in [-0.2, -0.15) is 0 Å². The number of ketones is 1. The Hall–Kier alpha value is -2.10. The number of Topliss-reactive ketones (excluding diaryl/α,β-unsaturated/α-hetero) is 1. The van der Waals surface area contributed by atoms with E-state index in [4.69, 9.17) is 4.74 Å². The summed E-state index contributed by atoms with van der Waals surface area (Å²) in [6.07, 6.45) is 3.65. The van der Waals surface area contributed by atoms with Crippen LogP contribution in [0.5, 0.6) is 5.75 Å². The van der Waals surface area contributed by atoms with E-state index in [1.165, 1.54) is 0 Å². The van der Waals surface area contributed by atoms with Crippen molar-refractivity contribution in [3.8, 4) is 11.4 Å². The number of ether oxygens (including phenoxy) is 1. The van der Waals surface area contributed by atoms with Crippen LogP contribution in [0.4, 0.5) is 0 Å². The van der Waals surface area contributed by atoms with Gasteiger partial charge in [-0.3, -0.25) is 4.79 Å². The van der Waals surface area contributed by atoms with Gasteiger partial charge < -0.3 is 9.30 Å². The minimum atomic E-state index is -0.0222. The Kier molecular flexibility index (Phi) is 3.69. The third kappa shape index (κ3) is 2.67. The van der Waals surface area contributed by atoms with Gasteiger partial charge >= 0.3 is 0 Å². The van der Waals surface area contributed by atoms with E-state index in [1.807, 2.05) is 43.7 Å². The van der Waals surface area contributed by atoms with Crippen LogP contribution in [-0.4, -0.2) is 22.4 Å². The molecule has 1 aromatic heterocycles. The Labute approximate surface area is 113 Å². The number of carbonyl (C=O) groups excluding carboxylic acids is 1. The molecule has 0 saturated carbocycles. The molecule has 0 fully saturated rings. The number of hydrogen-bond donors (Lipinski definition) is 0. The summed E-state index contributed by atoms with van der Waals surface area (Å²) in [4.78, 5) is 16.2. The number of benzene rings is 1. The summed E-state index contributed by atoms with van der Waals surface area (Å²) in [7, 11) is 1.60. The van der Waals surface area contributed by atoms with Crippen LogP contribution < -0.4 is 4.74 Å². The van der Waals surface area contributed by atoms with Crippen LogP contribution in [0.2, 0.25) is 0 Å². The number of imidazole rings is 1. The van der Waals surface area contributed by atoms with Gasteiger partial charge in [0.1, 0.15) is 5.75 Å². The normalized spacial score (nSPS) is 10.8. The van der Waals surface area contributed by atoms with Crippen LogP contribution in [0, 0.1) is 12.8 Å². The van der Waals surface area contributed by atoms with Gasteiger partial charge in [-0.05, 0) is 25.1 Å².